The minimum Gasteiger partial charge on any atom is -0.493 e. The zero-order valence-corrected chi connectivity index (χ0v) is 23.8. The van der Waals surface area contributed by atoms with Crippen molar-refractivity contribution in [2.75, 3.05) is 20.3 Å². The lowest BCUT2D eigenvalue weighted by molar-refractivity contribution is -0.139. The highest BCUT2D eigenvalue weighted by molar-refractivity contribution is 14.1. The molecule has 0 bridgehead atoms. The van der Waals surface area contributed by atoms with Crippen LogP contribution in [0.5, 0.6) is 11.5 Å². The first kappa shape index (κ1) is 29.6. The molecule has 38 heavy (non-hydrogen) atoms. The van der Waals surface area contributed by atoms with Crippen molar-refractivity contribution in [1.82, 2.24) is 10.2 Å². The first-order valence-corrected chi connectivity index (χ1v) is 13.4. The number of halogens is 1. The molecule has 204 valence electrons. The van der Waals surface area contributed by atoms with Crippen LogP contribution in [0, 0.1) is 10.5 Å². The Morgan fingerprint density at radius 2 is 1.95 bits per heavy atom. The number of hydrogen-bond acceptors (Lipinski definition) is 7. The molecule has 0 saturated carbocycles. The number of rotatable bonds is 11. The van der Waals surface area contributed by atoms with Crippen LogP contribution in [0.25, 0.3) is 0 Å². The molecule has 0 radical (unpaired) electrons. The number of carbonyl (C=O) groups excluding carboxylic acids is 3. The number of nitrogens with one attached hydrogen (secondary N) is 1. The van der Waals surface area contributed by atoms with E-state index in [0.29, 0.717) is 32.5 Å². The summed E-state index contributed by atoms with van der Waals surface area (Å²) in [5, 5.41) is 23.3. The third-order valence-electron chi connectivity index (χ3n) is 6.35. The standard InChI is InChI=1S/C28H33IN2O7/c1-4-25(34)31(15-18-7-5-17(2)6-8-18)22-13-20(28(36)30-9-10-32)14-23(26(22)35)38-27-21(29)11-19(16-33)12-24(27)37-3/h5-8,11-12,14,16,22-23,26,32,35H,4,9-10,13,15H2,1-3H3,(H,30,36). The summed E-state index contributed by atoms with van der Waals surface area (Å²) >= 11 is 2.01. The Kier molecular flexibility index (Phi) is 10.7. The Balaban J connectivity index is 2.02. The van der Waals surface area contributed by atoms with Crippen molar-refractivity contribution in [3.8, 4) is 11.5 Å². The zero-order valence-electron chi connectivity index (χ0n) is 21.6. The van der Waals surface area contributed by atoms with Gasteiger partial charge in [-0.25, -0.2) is 0 Å². The normalized spacial score (nSPS) is 18.8. The van der Waals surface area contributed by atoms with Crippen molar-refractivity contribution >= 4 is 40.7 Å². The maximum Gasteiger partial charge on any atom is 0.247 e. The van der Waals surface area contributed by atoms with Crippen molar-refractivity contribution < 1.29 is 34.1 Å². The van der Waals surface area contributed by atoms with Gasteiger partial charge in [0.05, 0.1) is 23.3 Å². The second-order valence-corrected chi connectivity index (χ2v) is 10.2. The van der Waals surface area contributed by atoms with Crippen molar-refractivity contribution in [1.29, 1.82) is 0 Å². The van der Waals surface area contributed by atoms with E-state index in [1.165, 1.54) is 19.3 Å². The topological polar surface area (TPSA) is 125 Å². The lowest BCUT2D eigenvalue weighted by Gasteiger charge is -2.40. The number of hydrogen-bond donors (Lipinski definition) is 3. The van der Waals surface area contributed by atoms with Crippen LogP contribution in [0.4, 0.5) is 0 Å². The summed E-state index contributed by atoms with van der Waals surface area (Å²) in [6.45, 7) is 3.82. The summed E-state index contributed by atoms with van der Waals surface area (Å²) in [5.41, 5.74) is 2.71. The van der Waals surface area contributed by atoms with Crippen molar-refractivity contribution in [2.24, 2.45) is 0 Å². The molecule has 3 N–H and O–H groups in total. The van der Waals surface area contributed by atoms with Gasteiger partial charge in [-0.2, -0.15) is 0 Å². The molecule has 0 aromatic heterocycles. The average molecular weight is 636 g/mol. The number of aryl methyl sites for hydroxylation is 1. The minimum absolute atomic E-state index is 0.0643. The molecule has 2 aromatic carbocycles. The fourth-order valence-corrected chi connectivity index (χ4v) is 5.07. The monoisotopic (exact) mass is 636 g/mol. The zero-order chi connectivity index (χ0) is 27.8. The molecule has 0 aliphatic heterocycles. The van der Waals surface area contributed by atoms with E-state index in [0.717, 1.165) is 11.1 Å². The molecule has 0 spiro atoms. The Labute approximate surface area is 236 Å². The molecule has 1 aliphatic carbocycles. The number of aliphatic hydroxyl groups is 2. The molecule has 3 atom stereocenters. The number of amides is 2. The van der Waals surface area contributed by atoms with Crippen LogP contribution in [-0.4, -0.2) is 71.7 Å². The van der Waals surface area contributed by atoms with Crippen LogP contribution in [0.3, 0.4) is 0 Å². The van der Waals surface area contributed by atoms with E-state index >= 15 is 0 Å². The second-order valence-electron chi connectivity index (χ2n) is 9.03. The van der Waals surface area contributed by atoms with Crippen molar-refractivity contribution in [3.63, 3.8) is 0 Å². The van der Waals surface area contributed by atoms with Crippen LogP contribution in [0.15, 0.2) is 48.0 Å². The molecule has 9 nitrogen and oxygen atoms in total. The van der Waals surface area contributed by atoms with Crippen LogP contribution in [-0.2, 0) is 16.1 Å². The van der Waals surface area contributed by atoms with Gasteiger partial charge >= 0.3 is 0 Å². The van der Waals surface area contributed by atoms with E-state index in [-0.39, 0.29) is 38.4 Å². The summed E-state index contributed by atoms with van der Waals surface area (Å²) in [5.74, 6) is 0.0189. The van der Waals surface area contributed by atoms with Crippen molar-refractivity contribution in [3.05, 3.63) is 68.3 Å². The third-order valence-corrected chi connectivity index (χ3v) is 7.15. The van der Waals surface area contributed by atoms with Gasteiger partial charge in [-0.1, -0.05) is 36.8 Å². The fraction of sp³-hybridized carbons (Fsp3) is 0.393. The van der Waals surface area contributed by atoms with Gasteiger partial charge < -0.3 is 29.9 Å². The van der Waals surface area contributed by atoms with E-state index < -0.39 is 24.2 Å². The van der Waals surface area contributed by atoms with Gasteiger partial charge in [0.25, 0.3) is 0 Å². The molecular formula is C28H33IN2O7. The lowest BCUT2D eigenvalue weighted by Crippen LogP contribution is -2.54. The SMILES string of the molecule is CCC(=O)N(Cc1ccc(C)cc1)C1CC(C(=O)NCCO)=CC(Oc2c(I)cc(C=O)cc2OC)C1O. The molecule has 3 unspecified atom stereocenters. The molecular weight excluding hydrogens is 603 g/mol. The smallest absolute Gasteiger partial charge is 0.247 e. The first-order valence-electron chi connectivity index (χ1n) is 12.3. The summed E-state index contributed by atoms with van der Waals surface area (Å²) in [6, 6.07) is 10.2. The molecule has 2 amide bonds. The van der Waals surface area contributed by atoms with E-state index in [4.69, 9.17) is 9.47 Å². The predicted molar refractivity (Wildman–Crippen MR) is 150 cm³/mol. The maximum absolute atomic E-state index is 13.1. The number of aldehydes is 1. The summed E-state index contributed by atoms with van der Waals surface area (Å²) in [4.78, 5) is 39.0. The Bertz CT molecular complexity index is 1180. The van der Waals surface area contributed by atoms with Crippen LogP contribution >= 0.6 is 22.6 Å². The Hall–Kier alpha value is -2.96. The highest BCUT2D eigenvalue weighted by atomic mass is 127. The van der Waals surface area contributed by atoms with Gasteiger partial charge in [-0.15, -0.1) is 0 Å². The number of ether oxygens (including phenoxy) is 2. The molecule has 2 aromatic rings. The summed E-state index contributed by atoms with van der Waals surface area (Å²) < 4.78 is 12.2. The maximum atomic E-state index is 13.1. The average Bonchev–Trinajstić information content (AvgIpc) is 2.92. The van der Waals surface area contributed by atoms with Crippen LogP contribution in [0.1, 0.15) is 41.3 Å². The molecule has 0 saturated heterocycles. The third kappa shape index (κ3) is 7.12. The number of aliphatic hydroxyl groups excluding tert-OH is 2. The summed E-state index contributed by atoms with van der Waals surface area (Å²) in [6.07, 6.45) is 0.388. The van der Waals surface area contributed by atoms with Crippen molar-refractivity contribution in [2.45, 2.75) is 51.5 Å². The number of nitrogens with zero attached hydrogens (tertiary/aromatic N) is 1. The number of methoxy groups -OCH3 is 1. The second kappa shape index (κ2) is 13.7. The van der Waals surface area contributed by atoms with E-state index in [1.54, 1.807) is 17.9 Å². The van der Waals surface area contributed by atoms with Crippen LogP contribution in [0.2, 0.25) is 0 Å². The molecule has 10 heteroatoms. The Morgan fingerprint density at radius 1 is 1.24 bits per heavy atom. The lowest BCUT2D eigenvalue weighted by atomic mass is 9.87. The highest BCUT2D eigenvalue weighted by Gasteiger charge is 2.40. The van der Waals surface area contributed by atoms with Crippen LogP contribution < -0.4 is 14.8 Å². The predicted octanol–water partition coefficient (Wildman–Crippen LogP) is 2.78. The quantitative estimate of drug-likeness (QED) is 0.256. The highest BCUT2D eigenvalue weighted by Crippen LogP contribution is 2.37. The summed E-state index contributed by atoms with van der Waals surface area (Å²) in [7, 11) is 1.44. The number of benzene rings is 2. The largest absolute Gasteiger partial charge is 0.493 e. The number of carbonyl (C=O) groups is 3. The van der Waals surface area contributed by atoms with Gasteiger partial charge in [0.2, 0.25) is 11.8 Å². The van der Waals surface area contributed by atoms with Gasteiger partial charge in [0.15, 0.2) is 11.5 Å². The minimum atomic E-state index is -1.17. The first-order chi connectivity index (χ1) is 18.2. The van der Waals surface area contributed by atoms with E-state index in [1.807, 2.05) is 53.8 Å². The van der Waals surface area contributed by atoms with Gasteiger partial charge in [0, 0.05) is 37.1 Å². The van der Waals surface area contributed by atoms with E-state index in [9.17, 15) is 24.6 Å². The fourth-order valence-electron chi connectivity index (χ4n) is 4.32. The molecule has 0 heterocycles. The van der Waals surface area contributed by atoms with Gasteiger partial charge in [0.1, 0.15) is 18.5 Å². The molecule has 0 fully saturated rings. The molecule has 1 aliphatic rings. The van der Waals surface area contributed by atoms with Gasteiger partial charge in [-0.3, -0.25) is 14.4 Å². The Morgan fingerprint density at radius 3 is 2.55 bits per heavy atom. The molecule has 3 rings (SSSR count). The van der Waals surface area contributed by atoms with Gasteiger partial charge in [-0.05, 0) is 53.3 Å². The van der Waals surface area contributed by atoms with E-state index in [2.05, 4.69) is 5.32 Å².